The molecule has 31 heavy (non-hydrogen) atoms. The average Bonchev–Trinajstić information content (AvgIpc) is 2.94. The third kappa shape index (κ3) is 4.99. The largest absolute Gasteiger partial charge is 0.415 e. The molecule has 3 aromatic rings. The molecule has 1 fully saturated rings. The average molecular weight is 421 g/mol. The van der Waals surface area contributed by atoms with Gasteiger partial charge in [0.1, 0.15) is 5.75 Å². The summed E-state index contributed by atoms with van der Waals surface area (Å²) in [6.45, 7) is 4.77. The van der Waals surface area contributed by atoms with Gasteiger partial charge in [0.25, 0.3) is 0 Å². The van der Waals surface area contributed by atoms with E-state index < -0.39 is 0 Å². The fraction of sp³-hybridized carbons (Fsp3) is 0.333. The highest BCUT2D eigenvalue weighted by Crippen LogP contribution is 2.22. The van der Waals surface area contributed by atoms with E-state index in [1.807, 2.05) is 30.3 Å². The van der Waals surface area contributed by atoms with Crippen molar-refractivity contribution in [1.29, 1.82) is 0 Å². The number of rotatable bonds is 4. The molecular formula is C24H28N4O3. The minimum atomic E-state index is -0.372. The molecule has 2 heterocycles. The number of amides is 3. The van der Waals surface area contributed by atoms with Crippen molar-refractivity contribution in [2.45, 2.75) is 19.8 Å². The number of carbonyl (C=O) groups is 2. The van der Waals surface area contributed by atoms with Gasteiger partial charge >= 0.3 is 12.1 Å². The van der Waals surface area contributed by atoms with Crippen molar-refractivity contribution in [2.75, 3.05) is 32.7 Å². The van der Waals surface area contributed by atoms with E-state index in [4.69, 9.17) is 4.74 Å². The predicted molar refractivity (Wildman–Crippen MR) is 120 cm³/mol. The second kappa shape index (κ2) is 9.55. The van der Waals surface area contributed by atoms with E-state index in [0.717, 1.165) is 24.1 Å². The number of fused-ring (bicyclic) bond motifs is 1. The van der Waals surface area contributed by atoms with Gasteiger partial charge in [0.05, 0.1) is 0 Å². The maximum atomic E-state index is 12.7. The van der Waals surface area contributed by atoms with Crippen molar-refractivity contribution in [2.24, 2.45) is 0 Å². The standard InChI is InChI=1S/C24H28N4O3/c1-18-20(21-10-5-6-11-22(21)26-18)12-13-25-23(29)27-14-7-15-28(17-16-27)24(30)31-19-8-3-2-4-9-19/h2-6,8-11,26H,7,12-17H2,1H3,(H,25,29). The van der Waals surface area contributed by atoms with Crippen molar-refractivity contribution in [1.82, 2.24) is 20.1 Å². The number of benzene rings is 2. The highest BCUT2D eigenvalue weighted by Gasteiger charge is 2.23. The number of aromatic amines is 1. The Kier molecular flexibility index (Phi) is 6.40. The van der Waals surface area contributed by atoms with Gasteiger partial charge in [-0.15, -0.1) is 0 Å². The zero-order valence-electron chi connectivity index (χ0n) is 17.8. The van der Waals surface area contributed by atoms with Crippen molar-refractivity contribution < 1.29 is 14.3 Å². The van der Waals surface area contributed by atoms with Gasteiger partial charge in [0.2, 0.25) is 0 Å². The Morgan fingerprint density at radius 1 is 0.968 bits per heavy atom. The van der Waals surface area contributed by atoms with Gasteiger partial charge in [-0.25, -0.2) is 9.59 Å². The Morgan fingerprint density at radius 2 is 1.68 bits per heavy atom. The fourth-order valence-corrected chi connectivity index (χ4v) is 4.02. The molecule has 0 saturated carbocycles. The minimum absolute atomic E-state index is 0.0872. The SMILES string of the molecule is Cc1[nH]c2ccccc2c1CCNC(=O)N1CCCN(C(=O)Oc2ccccc2)CC1. The zero-order valence-corrected chi connectivity index (χ0v) is 17.8. The summed E-state index contributed by atoms with van der Waals surface area (Å²) in [6.07, 6.45) is 1.12. The molecule has 4 rings (SSSR count). The minimum Gasteiger partial charge on any atom is -0.410 e. The van der Waals surface area contributed by atoms with E-state index in [1.54, 1.807) is 21.9 Å². The lowest BCUT2D eigenvalue weighted by Gasteiger charge is -2.22. The molecule has 7 nitrogen and oxygen atoms in total. The van der Waals surface area contributed by atoms with Crippen molar-refractivity contribution >= 4 is 23.0 Å². The molecule has 1 saturated heterocycles. The van der Waals surface area contributed by atoms with Crippen LogP contribution in [0.2, 0.25) is 0 Å². The summed E-state index contributed by atoms with van der Waals surface area (Å²) in [5.74, 6) is 0.527. The van der Waals surface area contributed by atoms with E-state index in [9.17, 15) is 9.59 Å². The van der Waals surface area contributed by atoms with Crippen molar-refractivity contribution in [3.63, 3.8) is 0 Å². The van der Waals surface area contributed by atoms with Crippen molar-refractivity contribution in [3.05, 3.63) is 65.9 Å². The number of aryl methyl sites for hydroxylation is 1. The molecule has 7 heteroatoms. The fourth-order valence-electron chi connectivity index (χ4n) is 4.02. The van der Waals surface area contributed by atoms with E-state index in [-0.39, 0.29) is 12.1 Å². The number of carbonyl (C=O) groups excluding carboxylic acids is 2. The molecule has 0 radical (unpaired) electrons. The van der Waals surface area contributed by atoms with Crippen LogP contribution in [0.3, 0.4) is 0 Å². The monoisotopic (exact) mass is 420 g/mol. The van der Waals surface area contributed by atoms with Crippen LogP contribution >= 0.6 is 0 Å². The van der Waals surface area contributed by atoms with Crippen LogP contribution in [0, 0.1) is 6.92 Å². The van der Waals surface area contributed by atoms with Gasteiger partial charge in [0.15, 0.2) is 0 Å². The molecule has 162 valence electrons. The molecule has 0 atom stereocenters. The number of hydrogen-bond acceptors (Lipinski definition) is 3. The van der Waals surface area contributed by atoms with Crippen LogP contribution in [0.25, 0.3) is 10.9 Å². The predicted octanol–water partition coefficient (Wildman–Crippen LogP) is 3.94. The molecular weight excluding hydrogens is 392 g/mol. The van der Waals surface area contributed by atoms with E-state index in [2.05, 4.69) is 29.4 Å². The first-order chi connectivity index (χ1) is 15.1. The van der Waals surface area contributed by atoms with Crippen molar-refractivity contribution in [3.8, 4) is 5.75 Å². The number of nitrogens with one attached hydrogen (secondary N) is 2. The van der Waals surface area contributed by atoms with Crippen LogP contribution in [0.4, 0.5) is 9.59 Å². The Bertz CT molecular complexity index is 1050. The maximum Gasteiger partial charge on any atom is 0.415 e. The number of urea groups is 1. The first-order valence-electron chi connectivity index (χ1n) is 10.7. The quantitative estimate of drug-likeness (QED) is 0.671. The number of aromatic nitrogens is 1. The molecule has 0 aliphatic carbocycles. The summed E-state index contributed by atoms with van der Waals surface area (Å²) in [5, 5.41) is 4.24. The van der Waals surface area contributed by atoms with Gasteiger partial charge in [0, 0.05) is 49.3 Å². The van der Waals surface area contributed by atoms with Crippen LogP contribution in [0.1, 0.15) is 17.7 Å². The third-order valence-corrected chi connectivity index (χ3v) is 5.67. The normalized spacial score (nSPS) is 14.4. The molecule has 2 aromatic carbocycles. The van der Waals surface area contributed by atoms with Crippen LogP contribution in [-0.2, 0) is 6.42 Å². The summed E-state index contributed by atoms with van der Waals surface area (Å²) < 4.78 is 5.42. The lowest BCUT2D eigenvalue weighted by atomic mass is 10.1. The van der Waals surface area contributed by atoms with E-state index >= 15 is 0 Å². The first-order valence-corrected chi connectivity index (χ1v) is 10.7. The Morgan fingerprint density at radius 3 is 2.52 bits per heavy atom. The summed E-state index contributed by atoms with van der Waals surface area (Å²) in [5.41, 5.74) is 3.50. The van der Waals surface area contributed by atoms with Crippen LogP contribution < -0.4 is 10.1 Å². The smallest absolute Gasteiger partial charge is 0.410 e. The number of para-hydroxylation sites is 2. The van der Waals surface area contributed by atoms with Gasteiger partial charge in [-0.05, 0) is 43.5 Å². The second-order valence-electron chi connectivity index (χ2n) is 7.76. The summed E-state index contributed by atoms with van der Waals surface area (Å²) in [7, 11) is 0. The topological polar surface area (TPSA) is 77.7 Å². The summed E-state index contributed by atoms with van der Waals surface area (Å²) in [4.78, 5) is 31.9. The van der Waals surface area contributed by atoms with E-state index in [1.165, 1.54) is 10.9 Å². The molecule has 0 unspecified atom stereocenters. The number of H-pyrrole nitrogens is 1. The molecule has 1 aromatic heterocycles. The van der Waals surface area contributed by atoms with Gasteiger partial charge < -0.3 is 24.8 Å². The molecule has 0 bridgehead atoms. The third-order valence-electron chi connectivity index (χ3n) is 5.67. The number of hydrogen-bond donors (Lipinski definition) is 2. The number of ether oxygens (including phenoxy) is 1. The first kappa shape index (κ1) is 20.8. The maximum absolute atomic E-state index is 12.7. The molecule has 0 spiro atoms. The highest BCUT2D eigenvalue weighted by molar-refractivity contribution is 5.84. The molecule has 2 N–H and O–H groups in total. The van der Waals surface area contributed by atoms with Gasteiger partial charge in [-0.2, -0.15) is 0 Å². The van der Waals surface area contributed by atoms with Crippen LogP contribution in [-0.4, -0.2) is 59.6 Å². The second-order valence-corrected chi connectivity index (χ2v) is 7.76. The number of nitrogens with zero attached hydrogens (tertiary/aromatic N) is 2. The zero-order chi connectivity index (χ0) is 21.6. The summed E-state index contributed by atoms with van der Waals surface area (Å²) in [6, 6.07) is 17.2. The van der Waals surface area contributed by atoms with Crippen LogP contribution in [0.5, 0.6) is 5.75 Å². The highest BCUT2D eigenvalue weighted by atomic mass is 16.6. The Balaban J connectivity index is 1.26. The Labute approximate surface area is 182 Å². The van der Waals surface area contributed by atoms with E-state index in [0.29, 0.717) is 38.5 Å². The molecule has 1 aliphatic rings. The van der Waals surface area contributed by atoms with Gasteiger partial charge in [-0.1, -0.05) is 36.4 Å². The molecule has 3 amide bonds. The summed E-state index contributed by atoms with van der Waals surface area (Å²) >= 11 is 0. The van der Waals surface area contributed by atoms with Crippen LogP contribution in [0.15, 0.2) is 54.6 Å². The lowest BCUT2D eigenvalue weighted by Crippen LogP contribution is -2.43. The van der Waals surface area contributed by atoms with Gasteiger partial charge in [-0.3, -0.25) is 0 Å². The molecule has 1 aliphatic heterocycles. The Hall–Kier alpha value is -3.48. The lowest BCUT2D eigenvalue weighted by molar-refractivity contribution is 0.153.